The van der Waals surface area contributed by atoms with E-state index in [0.29, 0.717) is 6.61 Å². The SMILES string of the molecule is CCOC(=O)C#CS. The third-order valence-corrected chi connectivity index (χ3v) is 0.545. The van der Waals surface area contributed by atoms with Gasteiger partial charge >= 0.3 is 5.97 Å². The van der Waals surface area contributed by atoms with Crippen LogP contribution in [0.3, 0.4) is 0 Å². The van der Waals surface area contributed by atoms with Gasteiger partial charge in [0.15, 0.2) is 0 Å². The number of esters is 1. The van der Waals surface area contributed by atoms with Crippen molar-refractivity contribution in [3.8, 4) is 11.2 Å². The highest BCUT2D eigenvalue weighted by atomic mass is 32.1. The Kier molecular flexibility index (Phi) is 4.19. The van der Waals surface area contributed by atoms with Gasteiger partial charge < -0.3 is 4.74 Å². The van der Waals surface area contributed by atoms with Gasteiger partial charge in [0.1, 0.15) is 0 Å². The highest BCUT2D eigenvalue weighted by Gasteiger charge is 1.89. The van der Waals surface area contributed by atoms with Crippen LogP contribution in [0.2, 0.25) is 0 Å². The molecular formula is C5H6O2S. The summed E-state index contributed by atoms with van der Waals surface area (Å²) >= 11 is 3.49. The van der Waals surface area contributed by atoms with Crippen LogP contribution in [0.25, 0.3) is 0 Å². The van der Waals surface area contributed by atoms with Gasteiger partial charge in [-0.2, -0.15) is 0 Å². The Hall–Kier alpha value is -0.620. The van der Waals surface area contributed by atoms with Gasteiger partial charge in [0.25, 0.3) is 0 Å². The highest BCUT2D eigenvalue weighted by molar-refractivity contribution is 7.85. The fraction of sp³-hybridized carbons (Fsp3) is 0.400. The molecule has 0 aromatic heterocycles. The molecule has 0 aliphatic carbocycles. The maximum atomic E-state index is 10.2. The third-order valence-electron chi connectivity index (χ3n) is 0.433. The summed E-state index contributed by atoms with van der Waals surface area (Å²) in [6.07, 6.45) is 0. The lowest BCUT2D eigenvalue weighted by Gasteiger charge is -1.88. The molecule has 0 amide bonds. The van der Waals surface area contributed by atoms with Crippen molar-refractivity contribution >= 4 is 18.6 Å². The molecule has 0 bridgehead atoms. The average Bonchev–Trinajstić information content (AvgIpc) is 1.68. The lowest BCUT2D eigenvalue weighted by atomic mass is 10.7. The average molecular weight is 130 g/mol. The topological polar surface area (TPSA) is 26.3 Å². The van der Waals surface area contributed by atoms with E-state index in [1.165, 1.54) is 0 Å². The molecule has 0 saturated heterocycles. The minimum Gasteiger partial charge on any atom is -0.456 e. The van der Waals surface area contributed by atoms with E-state index in [9.17, 15) is 4.79 Å². The lowest BCUT2D eigenvalue weighted by Crippen LogP contribution is -1.98. The molecule has 0 fully saturated rings. The van der Waals surface area contributed by atoms with Crippen molar-refractivity contribution in [1.29, 1.82) is 0 Å². The van der Waals surface area contributed by atoms with E-state index in [-0.39, 0.29) is 0 Å². The highest BCUT2D eigenvalue weighted by Crippen LogP contribution is 1.73. The van der Waals surface area contributed by atoms with Crippen molar-refractivity contribution in [2.45, 2.75) is 6.92 Å². The van der Waals surface area contributed by atoms with E-state index < -0.39 is 5.97 Å². The molecule has 0 aliphatic rings. The van der Waals surface area contributed by atoms with Crippen LogP contribution >= 0.6 is 12.6 Å². The summed E-state index contributed by atoms with van der Waals surface area (Å²) in [4.78, 5) is 10.2. The fourth-order valence-corrected chi connectivity index (χ4v) is 0.304. The number of hydrogen-bond donors (Lipinski definition) is 1. The van der Waals surface area contributed by atoms with E-state index in [2.05, 4.69) is 28.5 Å². The van der Waals surface area contributed by atoms with Gasteiger partial charge in [0.05, 0.1) is 6.61 Å². The van der Waals surface area contributed by atoms with Crippen LogP contribution in [-0.4, -0.2) is 12.6 Å². The third kappa shape index (κ3) is 3.57. The second-order valence-electron chi connectivity index (χ2n) is 0.957. The predicted octanol–water partition coefficient (Wildman–Crippen LogP) is 0.440. The molecule has 0 radical (unpaired) electrons. The molecule has 0 unspecified atom stereocenters. The first-order valence-electron chi connectivity index (χ1n) is 2.13. The molecule has 0 saturated carbocycles. The largest absolute Gasteiger partial charge is 0.456 e. The lowest BCUT2D eigenvalue weighted by molar-refractivity contribution is -0.136. The molecule has 0 N–H and O–H groups in total. The zero-order chi connectivity index (χ0) is 6.41. The maximum absolute atomic E-state index is 10.2. The van der Waals surface area contributed by atoms with Crippen LogP contribution in [0.15, 0.2) is 0 Å². The Morgan fingerprint density at radius 3 is 2.88 bits per heavy atom. The Balaban J connectivity index is 3.44. The normalized spacial score (nSPS) is 6.75. The first-order valence-corrected chi connectivity index (χ1v) is 2.57. The van der Waals surface area contributed by atoms with E-state index >= 15 is 0 Å². The molecule has 2 nitrogen and oxygen atoms in total. The van der Waals surface area contributed by atoms with Crippen LogP contribution in [-0.2, 0) is 9.53 Å². The zero-order valence-corrected chi connectivity index (χ0v) is 5.37. The quantitative estimate of drug-likeness (QED) is 0.316. The monoisotopic (exact) mass is 130 g/mol. The number of carbonyl (C=O) groups excluding carboxylic acids is 1. The zero-order valence-electron chi connectivity index (χ0n) is 4.47. The smallest absolute Gasteiger partial charge is 0.385 e. The number of hydrogen-bond acceptors (Lipinski definition) is 3. The van der Waals surface area contributed by atoms with Gasteiger partial charge in [-0.1, -0.05) is 12.6 Å². The predicted molar refractivity (Wildman–Crippen MR) is 33.4 cm³/mol. The fourth-order valence-electron chi connectivity index (χ4n) is 0.213. The number of rotatable bonds is 1. The Morgan fingerprint density at radius 2 is 2.50 bits per heavy atom. The first-order chi connectivity index (χ1) is 3.81. The Morgan fingerprint density at radius 1 is 1.88 bits per heavy atom. The van der Waals surface area contributed by atoms with Crippen molar-refractivity contribution in [2.24, 2.45) is 0 Å². The van der Waals surface area contributed by atoms with Crippen LogP contribution in [0.5, 0.6) is 0 Å². The second kappa shape index (κ2) is 4.54. The Bertz CT molecular complexity index is 131. The summed E-state index contributed by atoms with van der Waals surface area (Å²) in [5.74, 6) is 1.57. The summed E-state index contributed by atoms with van der Waals surface area (Å²) < 4.78 is 4.42. The van der Waals surface area contributed by atoms with E-state index in [1.54, 1.807) is 6.92 Å². The molecule has 0 atom stereocenters. The number of carbonyl (C=O) groups is 1. The van der Waals surface area contributed by atoms with Crippen LogP contribution in [0, 0.1) is 11.2 Å². The molecule has 8 heavy (non-hydrogen) atoms. The van der Waals surface area contributed by atoms with Gasteiger partial charge in [-0.3, -0.25) is 0 Å². The molecule has 0 spiro atoms. The molecule has 44 valence electrons. The molecule has 0 heterocycles. The molecule has 0 rings (SSSR count). The molecule has 0 aliphatic heterocycles. The van der Waals surface area contributed by atoms with Gasteiger partial charge in [-0.25, -0.2) is 4.79 Å². The van der Waals surface area contributed by atoms with E-state index in [1.807, 2.05) is 0 Å². The van der Waals surface area contributed by atoms with Crippen LogP contribution < -0.4 is 0 Å². The van der Waals surface area contributed by atoms with Crippen LogP contribution in [0.4, 0.5) is 0 Å². The number of thiol groups is 1. The van der Waals surface area contributed by atoms with Crippen molar-refractivity contribution in [3.05, 3.63) is 0 Å². The molecule has 0 aromatic rings. The van der Waals surface area contributed by atoms with Crippen molar-refractivity contribution in [2.75, 3.05) is 6.61 Å². The van der Waals surface area contributed by atoms with E-state index in [0.717, 1.165) is 0 Å². The molecular weight excluding hydrogens is 124 g/mol. The molecule has 3 heteroatoms. The minimum absolute atomic E-state index is 0.362. The van der Waals surface area contributed by atoms with E-state index in [4.69, 9.17) is 0 Å². The van der Waals surface area contributed by atoms with Gasteiger partial charge in [-0.05, 0) is 12.2 Å². The number of ether oxygens (including phenoxy) is 1. The van der Waals surface area contributed by atoms with Crippen molar-refractivity contribution in [1.82, 2.24) is 0 Å². The summed E-state index contributed by atoms with van der Waals surface area (Å²) in [7, 11) is 0. The van der Waals surface area contributed by atoms with Crippen molar-refractivity contribution < 1.29 is 9.53 Å². The summed E-state index contributed by atoms with van der Waals surface area (Å²) in [5, 5.41) is 2.12. The molecule has 0 aromatic carbocycles. The van der Waals surface area contributed by atoms with Crippen LogP contribution in [0.1, 0.15) is 6.92 Å². The summed E-state index contributed by atoms with van der Waals surface area (Å²) in [5.41, 5.74) is 0. The van der Waals surface area contributed by atoms with Gasteiger partial charge in [-0.15, -0.1) is 0 Å². The summed E-state index contributed by atoms with van der Waals surface area (Å²) in [6, 6.07) is 0. The Labute approximate surface area is 53.6 Å². The van der Waals surface area contributed by atoms with Gasteiger partial charge in [0, 0.05) is 5.92 Å². The van der Waals surface area contributed by atoms with Gasteiger partial charge in [0.2, 0.25) is 0 Å². The first kappa shape index (κ1) is 7.38. The second-order valence-corrected chi connectivity index (χ2v) is 1.18. The summed E-state index contributed by atoms with van der Waals surface area (Å²) in [6.45, 7) is 2.08. The minimum atomic E-state index is -0.525. The van der Waals surface area contributed by atoms with Crippen molar-refractivity contribution in [3.63, 3.8) is 0 Å². The standard InChI is InChI=1S/C5H6O2S/c1-2-7-5(6)3-4-8/h8H,2H2,1H3. The maximum Gasteiger partial charge on any atom is 0.385 e.